The van der Waals surface area contributed by atoms with E-state index in [1.54, 1.807) is 0 Å². The summed E-state index contributed by atoms with van der Waals surface area (Å²) in [7, 11) is 0. The Morgan fingerprint density at radius 2 is 2.38 bits per heavy atom. The second-order valence-electron chi connectivity index (χ2n) is 4.09. The number of benzene rings is 1. The number of hydrogen-bond donors (Lipinski definition) is 1. The van der Waals surface area contributed by atoms with Gasteiger partial charge in [0, 0.05) is 28.3 Å². The van der Waals surface area contributed by atoms with Gasteiger partial charge in [0.15, 0.2) is 0 Å². The van der Waals surface area contributed by atoms with Crippen LogP contribution in [0, 0.1) is 5.92 Å². The molecule has 1 aliphatic rings. The van der Waals surface area contributed by atoms with Gasteiger partial charge < -0.3 is 10.1 Å². The second-order valence-corrected chi connectivity index (χ2v) is 5.38. The topological polar surface area (TPSA) is 21.3 Å². The average Bonchev–Trinajstić information content (AvgIpc) is 2.32. The Kier molecular flexibility index (Phi) is 4.50. The number of anilines is 1. The molecule has 1 fully saturated rings. The molecule has 0 radical (unpaired) electrons. The third-order valence-electron chi connectivity index (χ3n) is 2.76. The lowest BCUT2D eigenvalue weighted by Gasteiger charge is -2.23. The van der Waals surface area contributed by atoms with Crippen LogP contribution in [0.25, 0.3) is 0 Å². The molecule has 1 aliphatic heterocycles. The first-order chi connectivity index (χ1) is 7.75. The molecule has 1 aromatic rings. The molecule has 1 N–H and O–H groups in total. The summed E-state index contributed by atoms with van der Waals surface area (Å²) in [6, 6.07) is 5.78. The molecular weight excluding hydrogens is 289 g/mol. The molecule has 2 nitrogen and oxygen atoms in total. The highest BCUT2D eigenvalue weighted by Crippen LogP contribution is 2.26. The van der Waals surface area contributed by atoms with Gasteiger partial charge in [-0.1, -0.05) is 11.6 Å². The van der Waals surface area contributed by atoms with Crippen LogP contribution in [0.2, 0.25) is 5.02 Å². The summed E-state index contributed by atoms with van der Waals surface area (Å²) in [6.45, 7) is 2.72. The van der Waals surface area contributed by atoms with Gasteiger partial charge in [-0.3, -0.25) is 0 Å². The van der Waals surface area contributed by atoms with E-state index in [0.717, 1.165) is 34.9 Å². The lowest BCUT2D eigenvalue weighted by Crippen LogP contribution is -2.24. The molecule has 1 saturated heterocycles. The average molecular weight is 305 g/mol. The van der Waals surface area contributed by atoms with Crippen LogP contribution < -0.4 is 5.32 Å². The summed E-state index contributed by atoms with van der Waals surface area (Å²) in [5, 5.41) is 4.17. The van der Waals surface area contributed by atoms with Gasteiger partial charge in [0.2, 0.25) is 0 Å². The lowest BCUT2D eigenvalue weighted by atomic mass is 10.0. The summed E-state index contributed by atoms with van der Waals surface area (Å²) in [5.41, 5.74) is 1.05. The largest absolute Gasteiger partial charge is 0.384 e. The number of hydrogen-bond acceptors (Lipinski definition) is 2. The highest BCUT2D eigenvalue weighted by atomic mass is 79.9. The Bertz CT molecular complexity index is 353. The Labute approximate surface area is 109 Å². The van der Waals surface area contributed by atoms with Crippen molar-refractivity contribution < 1.29 is 4.74 Å². The van der Waals surface area contributed by atoms with Gasteiger partial charge in [-0.25, -0.2) is 0 Å². The number of nitrogens with one attached hydrogen (secondary N) is 1. The summed E-state index contributed by atoms with van der Waals surface area (Å²) >= 11 is 9.46. The minimum atomic E-state index is 0.611. The SMILES string of the molecule is Clc1ccc(Br)c(NCC2CCCOC2)c1. The molecule has 0 aromatic heterocycles. The van der Waals surface area contributed by atoms with Crippen molar-refractivity contribution in [3.05, 3.63) is 27.7 Å². The molecule has 0 amide bonds. The van der Waals surface area contributed by atoms with Crippen LogP contribution in [0.3, 0.4) is 0 Å². The highest BCUT2D eigenvalue weighted by Gasteiger charge is 2.13. The zero-order valence-corrected chi connectivity index (χ0v) is 11.4. The van der Waals surface area contributed by atoms with Crippen LogP contribution in [0.5, 0.6) is 0 Å². The van der Waals surface area contributed by atoms with E-state index in [2.05, 4.69) is 21.2 Å². The fourth-order valence-corrected chi connectivity index (χ4v) is 2.41. The normalized spacial score (nSPS) is 20.8. The predicted octanol–water partition coefficient (Wildman–Crippen LogP) is 3.94. The minimum Gasteiger partial charge on any atom is -0.384 e. The maximum absolute atomic E-state index is 5.95. The van der Waals surface area contributed by atoms with E-state index in [4.69, 9.17) is 16.3 Å². The Morgan fingerprint density at radius 3 is 3.12 bits per heavy atom. The van der Waals surface area contributed by atoms with E-state index in [1.807, 2.05) is 18.2 Å². The van der Waals surface area contributed by atoms with Crippen molar-refractivity contribution in [1.29, 1.82) is 0 Å². The van der Waals surface area contributed by atoms with Crippen LogP contribution in [0.1, 0.15) is 12.8 Å². The van der Waals surface area contributed by atoms with Gasteiger partial charge in [0.1, 0.15) is 0 Å². The molecule has 1 unspecified atom stereocenters. The van der Waals surface area contributed by atoms with Gasteiger partial charge >= 0.3 is 0 Å². The first-order valence-corrected chi connectivity index (χ1v) is 6.69. The van der Waals surface area contributed by atoms with Gasteiger partial charge in [-0.15, -0.1) is 0 Å². The zero-order chi connectivity index (χ0) is 11.4. The van der Waals surface area contributed by atoms with Crippen LogP contribution in [-0.4, -0.2) is 19.8 Å². The number of rotatable bonds is 3. The predicted molar refractivity (Wildman–Crippen MR) is 71.2 cm³/mol. The van der Waals surface area contributed by atoms with Gasteiger partial charge in [-0.2, -0.15) is 0 Å². The molecule has 1 heterocycles. The fourth-order valence-electron chi connectivity index (χ4n) is 1.86. The van der Waals surface area contributed by atoms with Gasteiger partial charge in [-0.05, 0) is 52.9 Å². The third kappa shape index (κ3) is 3.37. The van der Waals surface area contributed by atoms with Crippen molar-refractivity contribution in [2.75, 3.05) is 25.1 Å². The monoisotopic (exact) mass is 303 g/mol. The van der Waals surface area contributed by atoms with E-state index >= 15 is 0 Å². The van der Waals surface area contributed by atoms with E-state index < -0.39 is 0 Å². The van der Waals surface area contributed by atoms with Crippen molar-refractivity contribution >= 4 is 33.2 Å². The summed E-state index contributed by atoms with van der Waals surface area (Å²) < 4.78 is 6.50. The molecular formula is C12H15BrClNO. The third-order valence-corrected chi connectivity index (χ3v) is 3.69. The molecule has 1 aromatic carbocycles. The molecule has 0 aliphatic carbocycles. The highest BCUT2D eigenvalue weighted by molar-refractivity contribution is 9.10. The van der Waals surface area contributed by atoms with Crippen LogP contribution in [0.15, 0.2) is 22.7 Å². The second kappa shape index (κ2) is 5.89. The minimum absolute atomic E-state index is 0.611. The number of ether oxygens (including phenoxy) is 1. The van der Waals surface area contributed by atoms with Gasteiger partial charge in [0.25, 0.3) is 0 Å². The smallest absolute Gasteiger partial charge is 0.0511 e. The lowest BCUT2D eigenvalue weighted by molar-refractivity contribution is 0.0595. The van der Waals surface area contributed by atoms with E-state index in [9.17, 15) is 0 Å². The van der Waals surface area contributed by atoms with Crippen LogP contribution in [0.4, 0.5) is 5.69 Å². The van der Waals surface area contributed by atoms with Crippen molar-refractivity contribution in [2.24, 2.45) is 5.92 Å². The van der Waals surface area contributed by atoms with E-state index in [1.165, 1.54) is 12.8 Å². The molecule has 88 valence electrons. The van der Waals surface area contributed by atoms with Crippen molar-refractivity contribution in [3.8, 4) is 0 Å². The summed E-state index contributed by atoms with van der Waals surface area (Å²) in [6.07, 6.45) is 2.41. The molecule has 16 heavy (non-hydrogen) atoms. The Morgan fingerprint density at radius 1 is 1.50 bits per heavy atom. The summed E-state index contributed by atoms with van der Waals surface area (Å²) in [4.78, 5) is 0. The maximum Gasteiger partial charge on any atom is 0.0511 e. The van der Waals surface area contributed by atoms with Crippen LogP contribution >= 0.6 is 27.5 Å². The fraction of sp³-hybridized carbons (Fsp3) is 0.500. The summed E-state index contributed by atoms with van der Waals surface area (Å²) in [5.74, 6) is 0.611. The Hall–Kier alpha value is -0.250. The Balaban J connectivity index is 1.90. The standard InChI is InChI=1S/C12H15BrClNO/c13-11-4-3-10(14)6-12(11)15-7-9-2-1-5-16-8-9/h3-4,6,9,15H,1-2,5,7-8H2. The molecule has 2 rings (SSSR count). The maximum atomic E-state index is 5.95. The molecule has 0 bridgehead atoms. The van der Waals surface area contributed by atoms with Gasteiger partial charge in [0.05, 0.1) is 6.61 Å². The van der Waals surface area contributed by atoms with Crippen LogP contribution in [-0.2, 0) is 4.74 Å². The first-order valence-electron chi connectivity index (χ1n) is 5.52. The van der Waals surface area contributed by atoms with Crippen molar-refractivity contribution in [3.63, 3.8) is 0 Å². The zero-order valence-electron chi connectivity index (χ0n) is 9.01. The molecule has 0 spiro atoms. The molecule has 4 heteroatoms. The molecule has 1 atom stereocenters. The molecule has 0 saturated carbocycles. The van der Waals surface area contributed by atoms with E-state index in [0.29, 0.717) is 5.92 Å². The van der Waals surface area contributed by atoms with Crippen molar-refractivity contribution in [2.45, 2.75) is 12.8 Å². The number of halogens is 2. The quantitative estimate of drug-likeness (QED) is 0.913. The van der Waals surface area contributed by atoms with E-state index in [-0.39, 0.29) is 0 Å². The first kappa shape index (κ1) is 12.2. The van der Waals surface area contributed by atoms with Crippen molar-refractivity contribution in [1.82, 2.24) is 0 Å².